The lowest BCUT2D eigenvalue weighted by molar-refractivity contribution is 0.522. The maximum absolute atomic E-state index is 6.44. The highest BCUT2D eigenvalue weighted by atomic mass is 79.9. The molecule has 2 aliphatic rings. The van der Waals surface area contributed by atoms with Gasteiger partial charge in [-0.05, 0) is 12.3 Å². The number of hydrogen-bond acceptors (Lipinski definition) is 0. The third kappa shape index (κ3) is 1.30. The first kappa shape index (κ1) is 13.4. The minimum Gasteiger partial charge on any atom is -0.110 e. The lowest BCUT2D eigenvalue weighted by atomic mass is 9.94. The highest BCUT2D eigenvalue weighted by molar-refractivity contribution is 9.09. The largest absolute Gasteiger partial charge is 0.166 e. The van der Waals surface area contributed by atoms with E-state index < -0.39 is 14.1 Å². The molecule has 0 N–H and O–H groups in total. The van der Waals surface area contributed by atoms with Gasteiger partial charge in [0, 0.05) is 5.33 Å². The van der Waals surface area contributed by atoms with Crippen LogP contribution in [0.25, 0.3) is 0 Å². The molecule has 2 rings (SSSR count). The molecule has 3 atom stereocenters. The molecule has 0 amide bonds. The Balaban J connectivity index is 2.65. The number of halogens is 7. The van der Waals surface area contributed by atoms with Crippen LogP contribution in [0.1, 0.15) is 6.42 Å². The predicted octanol–water partition coefficient (Wildman–Crippen LogP) is 5.23. The fraction of sp³-hybridized carbons (Fsp3) is 0.750. The van der Waals surface area contributed by atoms with E-state index in [1.807, 2.05) is 0 Å². The van der Waals surface area contributed by atoms with E-state index in [2.05, 4.69) is 15.9 Å². The van der Waals surface area contributed by atoms with Crippen LogP contribution in [0.15, 0.2) is 10.1 Å². The molecule has 15 heavy (non-hydrogen) atoms. The maximum Gasteiger partial charge on any atom is 0.166 e. The van der Waals surface area contributed by atoms with E-state index in [0.717, 1.165) is 0 Å². The molecule has 1 unspecified atom stereocenters. The maximum atomic E-state index is 6.44. The molecule has 0 nitrogen and oxygen atoms in total. The van der Waals surface area contributed by atoms with Crippen molar-refractivity contribution in [1.29, 1.82) is 0 Å². The molecule has 86 valence electrons. The van der Waals surface area contributed by atoms with Crippen LogP contribution in [0.3, 0.4) is 0 Å². The van der Waals surface area contributed by atoms with Crippen LogP contribution in [0, 0.1) is 5.92 Å². The number of hydrogen-bond donors (Lipinski definition) is 0. The van der Waals surface area contributed by atoms with Gasteiger partial charge in [-0.1, -0.05) is 62.3 Å². The molecule has 0 spiro atoms. The van der Waals surface area contributed by atoms with Gasteiger partial charge in [0.05, 0.1) is 10.1 Å². The molecule has 0 heterocycles. The highest BCUT2D eigenvalue weighted by Crippen LogP contribution is 2.74. The molecule has 2 bridgehead atoms. The Morgan fingerprint density at radius 1 is 1.13 bits per heavy atom. The van der Waals surface area contributed by atoms with Gasteiger partial charge in [-0.3, -0.25) is 0 Å². The summed E-state index contributed by atoms with van der Waals surface area (Å²) in [5, 5.41) is 1.15. The summed E-state index contributed by atoms with van der Waals surface area (Å²) >= 11 is 40.8. The lowest BCUT2D eigenvalue weighted by Crippen LogP contribution is -2.44. The molecule has 1 fully saturated rings. The second-order valence-electron chi connectivity index (χ2n) is 3.77. The van der Waals surface area contributed by atoms with Crippen LogP contribution in [0.5, 0.6) is 0 Å². The third-order valence-electron chi connectivity index (χ3n) is 3.09. The lowest BCUT2D eigenvalue weighted by Gasteiger charge is -2.33. The Morgan fingerprint density at radius 3 is 2.00 bits per heavy atom. The molecule has 0 aromatic heterocycles. The second-order valence-corrected chi connectivity index (χ2v) is 7.74. The molecule has 2 aliphatic carbocycles. The van der Waals surface area contributed by atoms with Crippen LogP contribution in [0.2, 0.25) is 0 Å². The minimum absolute atomic E-state index is 0.0401. The average molecular weight is 394 g/mol. The Kier molecular flexibility index (Phi) is 3.33. The Hall–Kier alpha value is 1.96. The topological polar surface area (TPSA) is 0 Å². The van der Waals surface area contributed by atoms with E-state index >= 15 is 0 Å². The zero-order valence-electron chi connectivity index (χ0n) is 7.14. The Bertz CT molecular complexity index is 353. The van der Waals surface area contributed by atoms with Gasteiger partial charge in [0.1, 0.15) is 9.75 Å². The van der Waals surface area contributed by atoms with E-state index in [9.17, 15) is 0 Å². The average Bonchev–Trinajstić information content (AvgIpc) is 2.39. The van der Waals surface area contributed by atoms with Crippen molar-refractivity contribution in [2.45, 2.75) is 20.5 Å². The quantitative estimate of drug-likeness (QED) is 0.535. The number of fused-ring (bicyclic) bond motifs is 2. The van der Waals surface area contributed by atoms with Crippen molar-refractivity contribution in [3.05, 3.63) is 10.1 Å². The van der Waals surface area contributed by atoms with Gasteiger partial charge in [-0.2, -0.15) is 0 Å². The molecule has 1 saturated carbocycles. The second kappa shape index (κ2) is 3.73. The van der Waals surface area contributed by atoms with Crippen molar-refractivity contribution < 1.29 is 0 Å². The van der Waals surface area contributed by atoms with Gasteiger partial charge in [-0.15, -0.1) is 23.2 Å². The van der Waals surface area contributed by atoms with Crippen molar-refractivity contribution in [2.24, 2.45) is 5.92 Å². The summed E-state index contributed by atoms with van der Waals surface area (Å²) in [6, 6.07) is 0. The predicted molar refractivity (Wildman–Crippen MR) is 72.2 cm³/mol. The van der Waals surface area contributed by atoms with Crippen molar-refractivity contribution in [1.82, 2.24) is 0 Å². The van der Waals surface area contributed by atoms with Gasteiger partial charge < -0.3 is 0 Å². The Morgan fingerprint density at radius 2 is 1.67 bits per heavy atom. The summed E-state index contributed by atoms with van der Waals surface area (Å²) in [6.07, 6.45) is 0.505. The zero-order valence-corrected chi connectivity index (χ0v) is 13.3. The van der Waals surface area contributed by atoms with Crippen molar-refractivity contribution in [3.8, 4) is 0 Å². The van der Waals surface area contributed by atoms with E-state index in [-0.39, 0.29) is 16.0 Å². The van der Waals surface area contributed by atoms with Crippen molar-refractivity contribution in [2.75, 3.05) is 5.33 Å². The summed E-state index contributed by atoms with van der Waals surface area (Å²) < 4.78 is -1.38. The molecular formula is C8H5BrCl6. The van der Waals surface area contributed by atoms with E-state index in [0.29, 0.717) is 11.8 Å². The van der Waals surface area contributed by atoms with Gasteiger partial charge in [-0.25, -0.2) is 0 Å². The highest BCUT2D eigenvalue weighted by Gasteiger charge is 2.77. The zero-order chi connectivity index (χ0) is 11.6. The van der Waals surface area contributed by atoms with E-state index in [1.165, 1.54) is 0 Å². The summed E-state index contributed by atoms with van der Waals surface area (Å²) in [6.45, 7) is 0. The van der Waals surface area contributed by atoms with Crippen LogP contribution in [0.4, 0.5) is 0 Å². The van der Waals surface area contributed by atoms with Crippen LogP contribution in [-0.2, 0) is 0 Å². The van der Waals surface area contributed by atoms with Crippen LogP contribution in [-0.4, -0.2) is 19.4 Å². The van der Waals surface area contributed by atoms with E-state index in [1.54, 1.807) is 0 Å². The molecule has 0 aromatic rings. The first-order chi connectivity index (χ1) is 6.73. The Labute approximate surface area is 126 Å². The third-order valence-corrected chi connectivity index (χ3v) is 8.20. The van der Waals surface area contributed by atoms with E-state index in [4.69, 9.17) is 69.6 Å². The molecule has 7 heteroatoms. The minimum atomic E-state index is -1.38. The first-order valence-electron chi connectivity index (χ1n) is 4.11. The molecule has 0 aliphatic heterocycles. The SMILES string of the molecule is ClC1=C(Cl)[C@@]2(Cl)C(CBr)C[C@]1(Cl)C2(Cl)Cl. The van der Waals surface area contributed by atoms with Gasteiger partial charge in [0.2, 0.25) is 0 Å². The van der Waals surface area contributed by atoms with Gasteiger partial charge in [0.15, 0.2) is 4.33 Å². The normalized spacial score (nSPS) is 47.8. The van der Waals surface area contributed by atoms with Gasteiger partial charge in [0.25, 0.3) is 0 Å². The smallest absolute Gasteiger partial charge is 0.110 e. The fourth-order valence-electron chi connectivity index (χ4n) is 2.19. The number of alkyl halides is 5. The summed E-state index contributed by atoms with van der Waals surface area (Å²) in [7, 11) is 0. The van der Waals surface area contributed by atoms with Crippen molar-refractivity contribution in [3.63, 3.8) is 0 Å². The molecule has 0 aromatic carbocycles. The monoisotopic (exact) mass is 390 g/mol. The van der Waals surface area contributed by atoms with Crippen molar-refractivity contribution >= 4 is 85.5 Å². The summed E-state index contributed by atoms with van der Waals surface area (Å²) in [5.74, 6) is -0.0401. The molecular weight excluding hydrogens is 389 g/mol. The summed E-state index contributed by atoms with van der Waals surface area (Å²) in [4.78, 5) is -2.17. The fourth-order valence-corrected chi connectivity index (χ4v) is 5.94. The first-order valence-corrected chi connectivity index (χ1v) is 7.50. The number of allylic oxidation sites excluding steroid dienone is 2. The summed E-state index contributed by atoms with van der Waals surface area (Å²) in [5.41, 5.74) is 0. The standard InChI is InChI=1S/C8H5BrCl6/c9-2-3-1-6(12)4(10)5(11)7(3,13)8(6,14)15/h3H,1-2H2/t3?,6-,7+/m1/s1. The molecule has 0 radical (unpaired) electrons. The van der Waals surface area contributed by atoms with Crippen LogP contribution >= 0.6 is 85.5 Å². The van der Waals surface area contributed by atoms with Gasteiger partial charge >= 0.3 is 0 Å². The van der Waals surface area contributed by atoms with Crippen LogP contribution < -0.4 is 0 Å². The number of rotatable bonds is 1. The molecule has 0 saturated heterocycles.